The number of benzene rings is 1. The van der Waals surface area contributed by atoms with Crippen LogP contribution in [-0.4, -0.2) is 23.5 Å². The molecule has 4 heteroatoms. The monoisotopic (exact) mass is 273 g/mol. The van der Waals surface area contributed by atoms with E-state index in [4.69, 9.17) is 8.85 Å². The van der Waals surface area contributed by atoms with E-state index in [1.165, 1.54) is 5.56 Å². The van der Waals surface area contributed by atoms with Crippen LogP contribution in [-0.2, 0) is 15.3 Å². The lowest BCUT2D eigenvalue weighted by molar-refractivity contribution is 0.277. The lowest BCUT2D eigenvalue weighted by Gasteiger charge is -2.08. The molecule has 2 nitrogen and oxygen atoms in total. The van der Waals surface area contributed by atoms with E-state index in [9.17, 15) is 0 Å². The molecular formula is C10H14BrO2Si. The van der Waals surface area contributed by atoms with Gasteiger partial charge in [-0.2, -0.15) is 0 Å². The van der Waals surface area contributed by atoms with Gasteiger partial charge >= 0.3 is 9.28 Å². The van der Waals surface area contributed by atoms with Gasteiger partial charge < -0.3 is 8.85 Å². The number of rotatable bonds is 5. The standard InChI is InChI=1S/C10H14BrO2Si/c1-12-14(13-2)7-6-9-4-3-5-10(11)8-9/h3-5,8H,6-7H2,1-2H3. The van der Waals surface area contributed by atoms with E-state index in [1.54, 1.807) is 14.2 Å². The average Bonchev–Trinajstić information content (AvgIpc) is 2.19. The summed E-state index contributed by atoms with van der Waals surface area (Å²) in [4.78, 5) is 0. The van der Waals surface area contributed by atoms with E-state index in [2.05, 4.69) is 28.1 Å². The smallest absolute Gasteiger partial charge is 0.384 e. The second kappa shape index (κ2) is 6.34. The SMILES string of the molecule is CO[Si](CCc1cccc(Br)c1)OC. The Bertz CT molecular complexity index is 277. The molecule has 0 aliphatic rings. The highest BCUT2D eigenvalue weighted by molar-refractivity contribution is 9.10. The van der Waals surface area contributed by atoms with Gasteiger partial charge in [0.2, 0.25) is 0 Å². The van der Waals surface area contributed by atoms with Crippen molar-refractivity contribution in [3.63, 3.8) is 0 Å². The number of hydrogen-bond acceptors (Lipinski definition) is 2. The Morgan fingerprint density at radius 1 is 1.29 bits per heavy atom. The Labute approximate surface area is 95.2 Å². The van der Waals surface area contributed by atoms with E-state index >= 15 is 0 Å². The molecule has 0 spiro atoms. The van der Waals surface area contributed by atoms with Crippen LogP contribution < -0.4 is 0 Å². The minimum absolute atomic E-state index is 0.980. The summed E-state index contributed by atoms with van der Waals surface area (Å²) < 4.78 is 11.6. The van der Waals surface area contributed by atoms with Gasteiger partial charge in [0.25, 0.3) is 0 Å². The molecule has 14 heavy (non-hydrogen) atoms. The molecule has 0 aromatic heterocycles. The predicted octanol–water partition coefficient (Wildman–Crippen LogP) is 2.77. The quantitative estimate of drug-likeness (QED) is 0.769. The summed E-state index contributed by atoms with van der Waals surface area (Å²) in [7, 11) is 2.37. The molecule has 0 saturated heterocycles. The lowest BCUT2D eigenvalue weighted by atomic mass is 10.2. The summed E-state index contributed by atoms with van der Waals surface area (Å²) in [5.74, 6) is 0. The Kier molecular flexibility index (Phi) is 5.40. The van der Waals surface area contributed by atoms with Crippen molar-refractivity contribution in [2.75, 3.05) is 14.2 Å². The fraction of sp³-hybridized carbons (Fsp3) is 0.400. The normalized spacial score (nSPS) is 10.9. The third-order valence-corrected chi connectivity index (χ3v) is 4.02. The van der Waals surface area contributed by atoms with Crippen LogP contribution in [0.2, 0.25) is 6.04 Å². The Balaban J connectivity index is 2.44. The molecule has 0 N–H and O–H groups in total. The van der Waals surface area contributed by atoms with Crippen LogP contribution in [0.3, 0.4) is 0 Å². The van der Waals surface area contributed by atoms with Crippen molar-refractivity contribution in [3.05, 3.63) is 34.3 Å². The summed E-state index contributed by atoms with van der Waals surface area (Å²) in [6, 6.07) is 9.31. The zero-order chi connectivity index (χ0) is 10.4. The highest BCUT2D eigenvalue weighted by Gasteiger charge is 2.11. The molecular weight excluding hydrogens is 260 g/mol. The number of hydrogen-bond donors (Lipinski definition) is 0. The first-order valence-corrected chi connectivity index (χ1v) is 6.76. The Morgan fingerprint density at radius 2 is 2.00 bits per heavy atom. The molecule has 0 saturated carbocycles. The first-order chi connectivity index (χ1) is 6.76. The van der Waals surface area contributed by atoms with Gasteiger partial charge in [-0.1, -0.05) is 28.1 Å². The summed E-state index contributed by atoms with van der Waals surface area (Å²) in [5, 5.41) is 0. The highest BCUT2D eigenvalue weighted by Crippen LogP contribution is 2.14. The average molecular weight is 274 g/mol. The van der Waals surface area contributed by atoms with E-state index in [0.717, 1.165) is 16.9 Å². The molecule has 1 rings (SSSR count). The van der Waals surface area contributed by atoms with Crippen molar-refractivity contribution in [1.29, 1.82) is 0 Å². The molecule has 1 aromatic rings. The first kappa shape index (κ1) is 11.9. The predicted molar refractivity (Wildman–Crippen MR) is 62.4 cm³/mol. The van der Waals surface area contributed by atoms with Gasteiger partial charge in [-0.05, 0) is 30.2 Å². The molecule has 77 valence electrons. The van der Waals surface area contributed by atoms with Crippen molar-refractivity contribution >= 4 is 25.2 Å². The topological polar surface area (TPSA) is 18.5 Å². The van der Waals surface area contributed by atoms with Crippen LogP contribution in [0.1, 0.15) is 5.56 Å². The highest BCUT2D eigenvalue weighted by atomic mass is 79.9. The fourth-order valence-corrected chi connectivity index (χ4v) is 2.74. The molecule has 1 aromatic carbocycles. The first-order valence-electron chi connectivity index (χ1n) is 4.44. The lowest BCUT2D eigenvalue weighted by Crippen LogP contribution is -2.19. The van der Waals surface area contributed by atoms with Crippen molar-refractivity contribution < 1.29 is 8.85 Å². The van der Waals surface area contributed by atoms with Gasteiger partial charge in [-0.3, -0.25) is 0 Å². The summed E-state index contributed by atoms with van der Waals surface area (Å²) in [5.41, 5.74) is 1.32. The van der Waals surface area contributed by atoms with Crippen molar-refractivity contribution in [2.45, 2.75) is 12.5 Å². The number of halogens is 1. The third kappa shape index (κ3) is 3.92. The van der Waals surface area contributed by atoms with Crippen LogP contribution in [0.15, 0.2) is 28.7 Å². The van der Waals surface area contributed by atoms with E-state index in [0.29, 0.717) is 0 Å². The van der Waals surface area contributed by atoms with Crippen molar-refractivity contribution in [1.82, 2.24) is 0 Å². The zero-order valence-electron chi connectivity index (χ0n) is 8.42. The van der Waals surface area contributed by atoms with Crippen LogP contribution in [0, 0.1) is 0 Å². The maximum Gasteiger partial charge on any atom is 0.384 e. The van der Waals surface area contributed by atoms with Crippen LogP contribution in [0.5, 0.6) is 0 Å². The largest absolute Gasteiger partial charge is 0.397 e. The van der Waals surface area contributed by atoms with Gasteiger partial charge in [-0.25, -0.2) is 0 Å². The minimum atomic E-state index is -1.05. The minimum Gasteiger partial charge on any atom is -0.397 e. The summed E-state index contributed by atoms with van der Waals surface area (Å²) >= 11 is 3.45. The molecule has 0 atom stereocenters. The van der Waals surface area contributed by atoms with E-state index in [-0.39, 0.29) is 0 Å². The Hall–Kier alpha value is -0.163. The van der Waals surface area contributed by atoms with Gasteiger partial charge in [0.15, 0.2) is 0 Å². The molecule has 1 radical (unpaired) electrons. The molecule has 0 fully saturated rings. The fourth-order valence-electron chi connectivity index (χ4n) is 1.23. The van der Waals surface area contributed by atoms with Gasteiger partial charge in [0, 0.05) is 18.7 Å². The molecule has 0 aliphatic heterocycles. The maximum absolute atomic E-state index is 5.22. The van der Waals surface area contributed by atoms with Crippen LogP contribution in [0.4, 0.5) is 0 Å². The third-order valence-electron chi connectivity index (χ3n) is 1.96. The van der Waals surface area contributed by atoms with Gasteiger partial charge in [-0.15, -0.1) is 0 Å². The molecule has 0 unspecified atom stereocenters. The van der Waals surface area contributed by atoms with Gasteiger partial charge in [0.1, 0.15) is 0 Å². The second-order valence-corrected chi connectivity index (χ2v) is 5.89. The Morgan fingerprint density at radius 3 is 2.57 bits per heavy atom. The van der Waals surface area contributed by atoms with Crippen LogP contribution in [0.25, 0.3) is 0 Å². The van der Waals surface area contributed by atoms with Crippen molar-refractivity contribution in [2.24, 2.45) is 0 Å². The molecule has 0 aliphatic carbocycles. The van der Waals surface area contributed by atoms with Crippen molar-refractivity contribution in [3.8, 4) is 0 Å². The molecule has 0 amide bonds. The summed E-state index contributed by atoms with van der Waals surface area (Å²) in [6.45, 7) is 0. The zero-order valence-corrected chi connectivity index (χ0v) is 11.0. The summed E-state index contributed by atoms with van der Waals surface area (Å²) in [6.07, 6.45) is 1.01. The second-order valence-electron chi connectivity index (χ2n) is 2.91. The molecule has 0 heterocycles. The van der Waals surface area contributed by atoms with Gasteiger partial charge in [0.05, 0.1) is 0 Å². The number of aryl methyl sites for hydroxylation is 1. The maximum atomic E-state index is 5.22. The van der Waals surface area contributed by atoms with Crippen LogP contribution >= 0.6 is 15.9 Å². The van der Waals surface area contributed by atoms with E-state index < -0.39 is 9.28 Å². The molecule has 0 bridgehead atoms. The van der Waals surface area contributed by atoms with E-state index in [1.807, 2.05) is 12.1 Å².